The number of carbonyl (C=O) groups is 2. The SMILES string of the molecule is CC(=O)NC(C)(CCOC(C)=O)CCc1ccccc1. The molecule has 20 heavy (non-hydrogen) atoms. The van der Waals surface area contributed by atoms with Gasteiger partial charge in [0.1, 0.15) is 0 Å². The highest BCUT2D eigenvalue weighted by atomic mass is 16.5. The number of rotatable bonds is 7. The Morgan fingerprint density at radius 2 is 1.80 bits per heavy atom. The van der Waals surface area contributed by atoms with Gasteiger partial charge in [0.2, 0.25) is 5.91 Å². The van der Waals surface area contributed by atoms with Gasteiger partial charge in [-0.3, -0.25) is 9.59 Å². The summed E-state index contributed by atoms with van der Waals surface area (Å²) in [5, 5.41) is 2.97. The summed E-state index contributed by atoms with van der Waals surface area (Å²) >= 11 is 0. The molecule has 1 atom stereocenters. The second kappa shape index (κ2) is 7.68. The van der Waals surface area contributed by atoms with Crippen molar-refractivity contribution >= 4 is 11.9 Å². The van der Waals surface area contributed by atoms with E-state index in [1.54, 1.807) is 0 Å². The lowest BCUT2D eigenvalue weighted by atomic mass is 9.90. The second-order valence-electron chi connectivity index (χ2n) is 5.32. The summed E-state index contributed by atoms with van der Waals surface area (Å²) in [5.41, 5.74) is 0.869. The molecule has 0 radical (unpaired) electrons. The van der Waals surface area contributed by atoms with E-state index in [1.165, 1.54) is 19.4 Å². The van der Waals surface area contributed by atoms with Crippen LogP contribution in [-0.4, -0.2) is 24.0 Å². The molecular formula is C16H23NO3. The molecule has 1 aromatic rings. The van der Waals surface area contributed by atoms with Crippen molar-refractivity contribution in [2.45, 2.75) is 45.6 Å². The number of ether oxygens (including phenoxy) is 1. The molecule has 0 aliphatic heterocycles. The zero-order valence-corrected chi connectivity index (χ0v) is 12.4. The number of amides is 1. The minimum Gasteiger partial charge on any atom is -0.466 e. The molecule has 0 aromatic heterocycles. The molecule has 0 aliphatic carbocycles. The van der Waals surface area contributed by atoms with Crippen LogP contribution in [0.1, 0.15) is 39.2 Å². The molecule has 1 N–H and O–H groups in total. The van der Waals surface area contributed by atoms with E-state index in [1.807, 2.05) is 25.1 Å². The Kier molecular flexibility index (Phi) is 6.22. The van der Waals surface area contributed by atoms with Crippen LogP contribution in [0, 0.1) is 0 Å². The Balaban J connectivity index is 2.57. The third-order valence-corrected chi connectivity index (χ3v) is 3.25. The van der Waals surface area contributed by atoms with E-state index in [0.717, 1.165) is 12.8 Å². The number of nitrogens with one attached hydrogen (secondary N) is 1. The van der Waals surface area contributed by atoms with E-state index >= 15 is 0 Å². The first-order valence-electron chi connectivity index (χ1n) is 6.87. The van der Waals surface area contributed by atoms with Crippen molar-refractivity contribution in [1.29, 1.82) is 0 Å². The number of carbonyl (C=O) groups excluding carboxylic acids is 2. The maximum absolute atomic E-state index is 11.3. The fourth-order valence-corrected chi connectivity index (χ4v) is 2.16. The predicted molar refractivity (Wildman–Crippen MR) is 78.2 cm³/mol. The van der Waals surface area contributed by atoms with E-state index < -0.39 is 0 Å². The first-order chi connectivity index (χ1) is 9.41. The number of esters is 1. The molecule has 0 saturated carbocycles. The van der Waals surface area contributed by atoms with E-state index in [0.29, 0.717) is 13.0 Å². The maximum Gasteiger partial charge on any atom is 0.302 e. The van der Waals surface area contributed by atoms with Crippen LogP contribution in [-0.2, 0) is 20.7 Å². The molecule has 4 nitrogen and oxygen atoms in total. The number of hydrogen-bond acceptors (Lipinski definition) is 3. The summed E-state index contributed by atoms with van der Waals surface area (Å²) in [6.07, 6.45) is 2.29. The molecule has 0 saturated heterocycles. The normalized spacial score (nSPS) is 13.3. The molecule has 1 amide bonds. The molecule has 4 heteroatoms. The van der Waals surface area contributed by atoms with Crippen LogP contribution in [0.2, 0.25) is 0 Å². The maximum atomic E-state index is 11.3. The van der Waals surface area contributed by atoms with Gasteiger partial charge in [-0.1, -0.05) is 30.3 Å². The largest absolute Gasteiger partial charge is 0.466 e. The van der Waals surface area contributed by atoms with Gasteiger partial charge in [0.15, 0.2) is 0 Å². The number of hydrogen-bond donors (Lipinski definition) is 1. The lowest BCUT2D eigenvalue weighted by molar-refractivity contribution is -0.141. The fraction of sp³-hybridized carbons (Fsp3) is 0.500. The summed E-state index contributed by atoms with van der Waals surface area (Å²) < 4.78 is 4.98. The summed E-state index contributed by atoms with van der Waals surface area (Å²) in [6.45, 7) is 5.20. The fourth-order valence-electron chi connectivity index (χ4n) is 2.16. The van der Waals surface area contributed by atoms with Gasteiger partial charge in [-0.15, -0.1) is 0 Å². The van der Waals surface area contributed by atoms with Crippen molar-refractivity contribution in [3.8, 4) is 0 Å². The van der Waals surface area contributed by atoms with Crippen molar-refractivity contribution in [3.05, 3.63) is 35.9 Å². The van der Waals surface area contributed by atoms with Gasteiger partial charge in [-0.25, -0.2) is 0 Å². The summed E-state index contributed by atoms with van der Waals surface area (Å²) in [6, 6.07) is 10.1. The van der Waals surface area contributed by atoms with Crippen LogP contribution in [0.15, 0.2) is 30.3 Å². The van der Waals surface area contributed by atoms with Crippen LogP contribution in [0.5, 0.6) is 0 Å². The lowest BCUT2D eigenvalue weighted by Gasteiger charge is -2.30. The Hall–Kier alpha value is -1.84. The average Bonchev–Trinajstić information content (AvgIpc) is 2.36. The highest BCUT2D eigenvalue weighted by Gasteiger charge is 2.25. The Bertz CT molecular complexity index is 444. The molecule has 110 valence electrons. The summed E-state index contributed by atoms with van der Waals surface area (Å²) in [7, 11) is 0. The van der Waals surface area contributed by atoms with Gasteiger partial charge in [0.05, 0.1) is 6.61 Å². The van der Waals surface area contributed by atoms with Crippen molar-refractivity contribution in [2.75, 3.05) is 6.61 Å². The highest BCUT2D eigenvalue weighted by molar-refractivity contribution is 5.73. The second-order valence-corrected chi connectivity index (χ2v) is 5.32. The zero-order chi connectivity index (χ0) is 15.0. The molecule has 1 aromatic carbocycles. The Labute approximate surface area is 120 Å². The molecule has 1 rings (SSSR count). The van der Waals surface area contributed by atoms with Gasteiger partial charge in [-0.2, -0.15) is 0 Å². The van der Waals surface area contributed by atoms with Crippen LogP contribution < -0.4 is 5.32 Å². The van der Waals surface area contributed by atoms with E-state index in [4.69, 9.17) is 4.74 Å². The van der Waals surface area contributed by atoms with Crippen molar-refractivity contribution in [3.63, 3.8) is 0 Å². The molecule has 0 bridgehead atoms. The molecular weight excluding hydrogens is 254 g/mol. The monoisotopic (exact) mass is 277 g/mol. The molecule has 0 fully saturated rings. The van der Waals surface area contributed by atoms with Crippen molar-refractivity contribution < 1.29 is 14.3 Å². The first-order valence-corrected chi connectivity index (χ1v) is 6.87. The minimum absolute atomic E-state index is 0.0663. The quantitative estimate of drug-likeness (QED) is 0.779. The van der Waals surface area contributed by atoms with Crippen LogP contribution >= 0.6 is 0 Å². The van der Waals surface area contributed by atoms with Gasteiger partial charge in [0.25, 0.3) is 0 Å². The van der Waals surface area contributed by atoms with Crippen LogP contribution in [0.25, 0.3) is 0 Å². The predicted octanol–water partition coefficient (Wildman–Crippen LogP) is 2.47. The number of benzene rings is 1. The smallest absolute Gasteiger partial charge is 0.302 e. The van der Waals surface area contributed by atoms with Crippen molar-refractivity contribution in [2.24, 2.45) is 0 Å². The summed E-state index contributed by atoms with van der Waals surface area (Å²) in [4.78, 5) is 22.2. The molecule has 0 spiro atoms. The zero-order valence-electron chi connectivity index (χ0n) is 12.4. The van der Waals surface area contributed by atoms with Gasteiger partial charge < -0.3 is 10.1 Å². The third-order valence-electron chi connectivity index (χ3n) is 3.25. The molecule has 0 aliphatic rings. The topological polar surface area (TPSA) is 55.4 Å². The minimum atomic E-state index is -0.364. The van der Waals surface area contributed by atoms with Gasteiger partial charge in [-0.05, 0) is 25.3 Å². The van der Waals surface area contributed by atoms with Crippen LogP contribution in [0.3, 0.4) is 0 Å². The summed E-state index contributed by atoms with van der Waals surface area (Å²) in [5.74, 6) is -0.360. The standard InChI is InChI=1S/C16H23NO3/c1-13(18)17-16(3,11-12-20-14(2)19)10-9-15-7-5-4-6-8-15/h4-8H,9-12H2,1-3H3,(H,17,18). The lowest BCUT2D eigenvalue weighted by Crippen LogP contribution is -2.46. The van der Waals surface area contributed by atoms with Gasteiger partial charge >= 0.3 is 5.97 Å². The molecule has 0 heterocycles. The molecule has 1 unspecified atom stereocenters. The average molecular weight is 277 g/mol. The van der Waals surface area contributed by atoms with E-state index in [2.05, 4.69) is 17.4 Å². The first kappa shape index (κ1) is 16.2. The number of aryl methyl sites for hydroxylation is 1. The van der Waals surface area contributed by atoms with Crippen molar-refractivity contribution in [1.82, 2.24) is 5.32 Å². The van der Waals surface area contributed by atoms with Crippen LogP contribution in [0.4, 0.5) is 0 Å². The highest BCUT2D eigenvalue weighted by Crippen LogP contribution is 2.18. The Morgan fingerprint density at radius 1 is 1.15 bits per heavy atom. The Morgan fingerprint density at radius 3 is 2.35 bits per heavy atom. The van der Waals surface area contributed by atoms with E-state index in [9.17, 15) is 9.59 Å². The third kappa shape index (κ3) is 6.36. The van der Waals surface area contributed by atoms with E-state index in [-0.39, 0.29) is 17.4 Å². The van der Waals surface area contributed by atoms with Gasteiger partial charge in [0, 0.05) is 25.8 Å².